The summed E-state index contributed by atoms with van der Waals surface area (Å²) in [6, 6.07) is 6.19. The lowest BCUT2D eigenvalue weighted by atomic mass is 9.85. The van der Waals surface area contributed by atoms with Gasteiger partial charge in [-0.25, -0.2) is 0 Å². The number of hydrogen-bond acceptors (Lipinski definition) is 2. The van der Waals surface area contributed by atoms with Gasteiger partial charge in [0.2, 0.25) is 8.32 Å². The Morgan fingerprint density at radius 2 is 1.40 bits per heavy atom. The summed E-state index contributed by atoms with van der Waals surface area (Å²) in [5.41, 5.74) is 2.85. The summed E-state index contributed by atoms with van der Waals surface area (Å²) < 4.78 is 13.8. The highest BCUT2D eigenvalue weighted by Gasteiger charge is 2.48. The zero-order chi connectivity index (χ0) is 19.6. The van der Waals surface area contributed by atoms with Crippen molar-refractivity contribution in [1.82, 2.24) is 0 Å². The molecule has 144 valence electrons. The number of benzene rings is 1. The van der Waals surface area contributed by atoms with Crippen molar-refractivity contribution in [2.75, 3.05) is 7.11 Å². The SMILES string of the molecule is COc1ccc(Br)c(C(O[Si](C(C)C)(C(C)C)C(C)C)C(C)(C)C)c1. The molecule has 0 saturated carbocycles. The highest BCUT2D eigenvalue weighted by Crippen LogP contribution is 2.50. The number of halogens is 1. The molecule has 0 fully saturated rings. The van der Waals surface area contributed by atoms with E-state index in [0.717, 1.165) is 10.2 Å². The van der Waals surface area contributed by atoms with Crippen molar-refractivity contribution in [3.05, 3.63) is 28.2 Å². The second kappa shape index (κ2) is 8.58. The molecule has 0 radical (unpaired) electrons. The highest BCUT2D eigenvalue weighted by molar-refractivity contribution is 9.10. The minimum Gasteiger partial charge on any atom is -0.497 e. The standard InChI is InChI=1S/C21H37BrO2Si/c1-14(2)25(15(3)4,16(5)6)24-20(21(7,8)9)18-13-17(23-10)11-12-19(18)22/h11-16,20H,1-10H3. The predicted molar refractivity (Wildman–Crippen MR) is 115 cm³/mol. The predicted octanol–water partition coefficient (Wildman–Crippen LogP) is 7.74. The maximum absolute atomic E-state index is 7.21. The second-order valence-corrected chi connectivity index (χ2v) is 15.3. The first-order chi connectivity index (χ1) is 11.4. The van der Waals surface area contributed by atoms with E-state index in [1.807, 2.05) is 6.07 Å². The summed E-state index contributed by atoms with van der Waals surface area (Å²) in [6.45, 7) is 20.8. The van der Waals surface area contributed by atoms with Gasteiger partial charge >= 0.3 is 0 Å². The van der Waals surface area contributed by atoms with E-state index in [1.54, 1.807) is 7.11 Å². The van der Waals surface area contributed by atoms with Gasteiger partial charge in [0.15, 0.2) is 0 Å². The molecule has 0 bridgehead atoms. The molecule has 0 heterocycles. The molecule has 1 rings (SSSR count). The van der Waals surface area contributed by atoms with Gasteiger partial charge in [0, 0.05) is 4.47 Å². The molecule has 1 aromatic carbocycles. The van der Waals surface area contributed by atoms with E-state index in [1.165, 1.54) is 5.56 Å². The van der Waals surface area contributed by atoms with Crippen molar-refractivity contribution < 1.29 is 9.16 Å². The summed E-state index contributed by atoms with van der Waals surface area (Å²) in [7, 11) is -0.278. The average molecular weight is 430 g/mol. The van der Waals surface area contributed by atoms with Crippen LogP contribution in [0.2, 0.25) is 16.6 Å². The molecular weight excluding hydrogens is 392 g/mol. The molecule has 0 N–H and O–H groups in total. The molecule has 0 spiro atoms. The summed E-state index contributed by atoms with van der Waals surface area (Å²) >= 11 is 3.75. The van der Waals surface area contributed by atoms with E-state index in [0.29, 0.717) is 16.6 Å². The van der Waals surface area contributed by atoms with Gasteiger partial charge < -0.3 is 9.16 Å². The third kappa shape index (κ3) is 4.89. The minimum absolute atomic E-state index is 0.00813. The molecule has 0 saturated heterocycles. The van der Waals surface area contributed by atoms with Gasteiger partial charge in [-0.3, -0.25) is 0 Å². The molecule has 1 atom stereocenters. The van der Waals surface area contributed by atoms with Gasteiger partial charge in [0.1, 0.15) is 5.75 Å². The quantitative estimate of drug-likeness (QED) is 0.413. The number of methoxy groups -OCH3 is 1. The lowest BCUT2D eigenvalue weighted by molar-refractivity contribution is 0.0675. The Morgan fingerprint density at radius 3 is 1.76 bits per heavy atom. The van der Waals surface area contributed by atoms with Crippen molar-refractivity contribution in [3.8, 4) is 5.75 Å². The van der Waals surface area contributed by atoms with Crippen molar-refractivity contribution in [2.45, 2.75) is 85.0 Å². The van der Waals surface area contributed by atoms with Crippen LogP contribution in [0.25, 0.3) is 0 Å². The van der Waals surface area contributed by atoms with E-state index in [2.05, 4.69) is 90.4 Å². The van der Waals surface area contributed by atoms with Crippen LogP contribution in [0.15, 0.2) is 22.7 Å². The van der Waals surface area contributed by atoms with Crippen molar-refractivity contribution in [1.29, 1.82) is 0 Å². The molecule has 25 heavy (non-hydrogen) atoms. The summed E-state index contributed by atoms with van der Waals surface area (Å²) in [5, 5.41) is 0. The Hall–Kier alpha value is -0.323. The van der Waals surface area contributed by atoms with Gasteiger partial charge in [0.05, 0.1) is 13.2 Å². The Labute approximate surface area is 165 Å². The van der Waals surface area contributed by atoms with Crippen LogP contribution in [-0.4, -0.2) is 15.4 Å². The average Bonchev–Trinajstić information content (AvgIpc) is 2.47. The first-order valence-corrected chi connectivity index (χ1v) is 12.3. The topological polar surface area (TPSA) is 18.5 Å². The fourth-order valence-electron chi connectivity index (χ4n) is 4.17. The zero-order valence-electron chi connectivity index (χ0n) is 17.7. The first-order valence-electron chi connectivity index (χ1n) is 9.39. The summed E-state index contributed by atoms with van der Waals surface area (Å²) in [6.07, 6.45) is 0.0239. The highest BCUT2D eigenvalue weighted by atomic mass is 79.9. The molecule has 4 heteroatoms. The molecule has 0 aliphatic heterocycles. The number of ether oxygens (including phenoxy) is 1. The van der Waals surface area contributed by atoms with E-state index >= 15 is 0 Å². The lowest BCUT2D eigenvalue weighted by Gasteiger charge is -2.47. The van der Waals surface area contributed by atoms with Gasteiger partial charge in [-0.1, -0.05) is 78.2 Å². The molecular formula is C21H37BrO2Si. The van der Waals surface area contributed by atoms with Crippen LogP contribution in [0.5, 0.6) is 5.75 Å². The zero-order valence-corrected chi connectivity index (χ0v) is 20.3. The number of rotatable bonds is 7. The van der Waals surface area contributed by atoms with E-state index in [4.69, 9.17) is 9.16 Å². The molecule has 0 aromatic heterocycles. The fraction of sp³-hybridized carbons (Fsp3) is 0.714. The Bertz CT molecular complexity index is 540. The van der Waals surface area contributed by atoms with Gasteiger partial charge in [0.25, 0.3) is 0 Å². The molecule has 0 aliphatic carbocycles. The maximum atomic E-state index is 7.21. The van der Waals surface area contributed by atoms with E-state index in [-0.39, 0.29) is 11.5 Å². The lowest BCUT2D eigenvalue weighted by Crippen LogP contribution is -2.50. The molecule has 1 unspecified atom stereocenters. The van der Waals surface area contributed by atoms with Crippen LogP contribution in [0.4, 0.5) is 0 Å². The Morgan fingerprint density at radius 1 is 0.920 bits per heavy atom. The third-order valence-corrected chi connectivity index (χ3v) is 12.1. The van der Waals surface area contributed by atoms with Crippen LogP contribution < -0.4 is 4.74 Å². The minimum atomic E-state index is -2.00. The van der Waals surface area contributed by atoms with E-state index in [9.17, 15) is 0 Å². The fourth-order valence-corrected chi connectivity index (χ4v) is 10.3. The maximum Gasteiger partial charge on any atom is 0.201 e. The Kier molecular flexibility index (Phi) is 7.79. The van der Waals surface area contributed by atoms with Crippen LogP contribution in [0, 0.1) is 5.41 Å². The number of hydrogen-bond donors (Lipinski definition) is 0. The molecule has 2 nitrogen and oxygen atoms in total. The van der Waals surface area contributed by atoms with Gasteiger partial charge in [-0.15, -0.1) is 0 Å². The Balaban J connectivity index is 3.52. The van der Waals surface area contributed by atoms with Crippen molar-refractivity contribution >= 4 is 24.2 Å². The normalized spacial score (nSPS) is 14.5. The van der Waals surface area contributed by atoms with Crippen LogP contribution in [0.1, 0.15) is 74.0 Å². The molecule has 0 aliphatic rings. The first kappa shape index (κ1) is 22.7. The van der Waals surface area contributed by atoms with Crippen molar-refractivity contribution in [2.24, 2.45) is 5.41 Å². The third-order valence-electron chi connectivity index (χ3n) is 5.30. The molecule has 1 aromatic rings. The molecule has 0 amide bonds. The van der Waals surface area contributed by atoms with Crippen LogP contribution in [-0.2, 0) is 4.43 Å². The van der Waals surface area contributed by atoms with Gasteiger partial charge in [-0.2, -0.15) is 0 Å². The van der Waals surface area contributed by atoms with Crippen LogP contribution in [0.3, 0.4) is 0 Å². The summed E-state index contributed by atoms with van der Waals surface area (Å²) in [5.74, 6) is 0.877. The van der Waals surface area contributed by atoms with Gasteiger partial charge in [-0.05, 0) is 45.8 Å². The van der Waals surface area contributed by atoms with Crippen molar-refractivity contribution in [3.63, 3.8) is 0 Å². The monoisotopic (exact) mass is 428 g/mol. The second-order valence-electron chi connectivity index (χ2n) is 9.07. The smallest absolute Gasteiger partial charge is 0.201 e. The summed E-state index contributed by atoms with van der Waals surface area (Å²) in [4.78, 5) is 0. The van der Waals surface area contributed by atoms with E-state index < -0.39 is 8.32 Å². The largest absolute Gasteiger partial charge is 0.497 e. The van der Waals surface area contributed by atoms with Crippen LogP contribution >= 0.6 is 15.9 Å².